The number of rotatable bonds is 5. The van der Waals surface area contributed by atoms with Crippen LogP contribution in [0.2, 0.25) is 0 Å². The maximum atomic E-state index is 14.4. The maximum Gasteiger partial charge on any atom is 0.421 e. The van der Waals surface area contributed by atoms with Gasteiger partial charge in [0.05, 0.1) is 11.5 Å². The van der Waals surface area contributed by atoms with Gasteiger partial charge >= 0.3 is 6.18 Å². The van der Waals surface area contributed by atoms with Crippen LogP contribution in [-0.4, -0.2) is 34.2 Å². The van der Waals surface area contributed by atoms with Gasteiger partial charge in [-0.2, -0.15) is 18.4 Å². The average Bonchev–Trinajstić information content (AvgIpc) is 3.64. The van der Waals surface area contributed by atoms with E-state index in [0.29, 0.717) is 38.2 Å². The van der Waals surface area contributed by atoms with Crippen LogP contribution in [0, 0.1) is 17.1 Å². The van der Waals surface area contributed by atoms with Crippen LogP contribution in [0.5, 0.6) is 0 Å². The molecule has 2 fully saturated rings. The number of aliphatic hydroxyl groups is 1. The van der Waals surface area contributed by atoms with Crippen LogP contribution in [0.25, 0.3) is 0 Å². The van der Waals surface area contributed by atoms with E-state index in [1.165, 1.54) is 18.2 Å². The van der Waals surface area contributed by atoms with Gasteiger partial charge in [-0.1, -0.05) is 30.3 Å². The van der Waals surface area contributed by atoms with Crippen LogP contribution in [0.1, 0.15) is 66.9 Å². The summed E-state index contributed by atoms with van der Waals surface area (Å²) in [6, 6.07) is 13.4. The Morgan fingerprint density at radius 1 is 1.03 bits per heavy atom. The van der Waals surface area contributed by atoms with Gasteiger partial charge in [0.2, 0.25) is 0 Å². The summed E-state index contributed by atoms with van der Waals surface area (Å²) in [7, 11) is 0. The summed E-state index contributed by atoms with van der Waals surface area (Å²) in [5.41, 5.74) is -3.66. The molecule has 4 rings (SSSR count). The van der Waals surface area contributed by atoms with Crippen molar-refractivity contribution in [2.24, 2.45) is 0 Å². The van der Waals surface area contributed by atoms with E-state index in [9.17, 15) is 32.7 Å². The first-order valence-corrected chi connectivity index (χ1v) is 11.4. The van der Waals surface area contributed by atoms with Crippen molar-refractivity contribution in [3.05, 3.63) is 71.0 Å². The highest BCUT2D eigenvalue weighted by atomic mass is 19.4. The molecule has 0 aliphatic heterocycles. The second-order valence-electron chi connectivity index (χ2n) is 9.50. The summed E-state index contributed by atoms with van der Waals surface area (Å²) >= 11 is 0. The minimum absolute atomic E-state index is 0.0542. The predicted molar refractivity (Wildman–Crippen MR) is 117 cm³/mol. The van der Waals surface area contributed by atoms with E-state index in [0.717, 1.165) is 25.0 Å². The number of alkyl halides is 3. The number of hydrogen-bond donors (Lipinski definition) is 1. The zero-order chi connectivity index (χ0) is 24.7. The van der Waals surface area contributed by atoms with Crippen molar-refractivity contribution in [2.45, 2.75) is 74.7 Å². The lowest BCUT2D eigenvalue weighted by Crippen LogP contribution is -2.46. The highest BCUT2D eigenvalue weighted by Crippen LogP contribution is 2.44. The Kier molecular flexibility index (Phi) is 6.19. The molecule has 1 unspecified atom stereocenters. The van der Waals surface area contributed by atoms with Crippen LogP contribution in [0.15, 0.2) is 48.5 Å². The fourth-order valence-corrected chi connectivity index (χ4v) is 4.90. The molecule has 2 saturated carbocycles. The highest BCUT2D eigenvalue weighted by molar-refractivity contribution is 5.95. The largest absolute Gasteiger partial charge is 0.421 e. The Morgan fingerprint density at radius 2 is 1.59 bits per heavy atom. The molecule has 1 amide bonds. The van der Waals surface area contributed by atoms with Gasteiger partial charge in [-0.15, -0.1) is 0 Å². The minimum Gasteiger partial charge on any atom is -0.376 e. The first kappa shape index (κ1) is 24.2. The lowest BCUT2D eigenvalue weighted by molar-refractivity contribution is -0.258. The molecule has 180 valence electrons. The summed E-state index contributed by atoms with van der Waals surface area (Å²) < 4.78 is 53.8. The fraction of sp³-hybridized carbons (Fsp3) is 0.462. The van der Waals surface area contributed by atoms with E-state index in [-0.39, 0.29) is 29.1 Å². The first-order valence-electron chi connectivity index (χ1n) is 11.4. The van der Waals surface area contributed by atoms with Gasteiger partial charge in [0, 0.05) is 23.2 Å². The number of halogens is 4. The van der Waals surface area contributed by atoms with E-state index in [2.05, 4.69) is 6.07 Å². The molecule has 1 atom stereocenters. The Hall–Kier alpha value is -2.92. The van der Waals surface area contributed by atoms with Gasteiger partial charge in [-0.25, -0.2) is 4.39 Å². The minimum atomic E-state index is -4.84. The second-order valence-corrected chi connectivity index (χ2v) is 9.50. The zero-order valence-electron chi connectivity index (χ0n) is 18.8. The second kappa shape index (κ2) is 8.70. The van der Waals surface area contributed by atoms with Crippen molar-refractivity contribution in [3.8, 4) is 6.07 Å². The Morgan fingerprint density at radius 3 is 2.09 bits per heavy atom. The third kappa shape index (κ3) is 4.29. The molecule has 4 nitrogen and oxygen atoms in total. The van der Waals surface area contributed by atoms with Crippen molar-refractivity contribution in [3.63, 3.8) is 0 Å². The summed E-state index contributed by atoms with van der Waals surface area (Å²) in [4.78, 5) is 15.1. The molecule has 0 bridgehead atoms. The van der Waals surface area contributed by atoms with Crippen molar-refractivity contribution in [1.29, 1.82) is 5.26 Å². The third-order valence-electron chi connectivity index (χ3n) is 7.23. The molecule has 2 aliphatic carbocycles. The fourth-order valence-electron chi connectivity index (χ4n) is 4.90. The molecule has 0 heterocycles. The number of benzene rings is 2. The normalized spacial score (nSPS) is 24.7. The zero-order valence-corrected chi connectivity index (χ0v) is 18.8. The summed E-state index contributed by atoms with van der Waals surface area (Å²) in [6.45, 7) is 0.680. The molecular weight excluding hydrogens is 448 g/mol. The van der Waals surface area contributed by atoms with Gasteiger partial charge in [0.1, 0.15) is 5.82 Å². The van der Waals surface area contributed by atoms with E-state index in [4.69, 9.17) is 0 Å². The van der Waals surface area contributed by atoms with Crippen LogP contribution >= 0.6 is 0 Å². The number of carbonyl (C=O) groups is 1. The summed E-state index contributed by atoms with van der Waals surface area (Å²) in [6.07, 6.45) is -1.25. The number of nitriles is 1. The van der Waals surface area contributed by atoms with Crippen LogP contribution in [0.4, 0.5) is 17.6 Å². The lowest BCUT2D eigenvalue weighted by atomic mass is 9.68. The van der Waals surface area contributed by atoms with Gasteiger partial charge in [-0.3, -0.25) is 4.79 Å². The van der Waals surface area contributed by atoms with Crippen LogP contribution < -0.4 is 0 Å². The first-order chi connectivity index (χ1) is 16.0. The van der Waals surface area contributed by atoms with E-state index in [1.54, 1.807) is 23.1 Å². The molecular formula is C26H26F4N2O2. The molecule has 1 N–H and O–H groups in total. The van der Waals surface area contributed by atoms with Gasteiger partial charge < -0.3 is 10.0 Å². The van der Waals surface area contributed by atoms with Crippen molar-refractivity contribution >= 4 is 5.91 Å². The van der Waals surface area contributed by atoms with Crippen molar-refractivity contribution in [1.82, 2.24) is 4.90 Å². The third-order valence-corrected chi connectivity index (χ3v) is 7.23. The number of carbonyl (C=O) groups excluding carboxylic acids is 1. The van der Waals surface area contributed by atoms with Gasteiger partial charge in [-0.05, 0) is 69.2 Å². The molecule has 0 saturated heterocycles. The molecule has 0 spiro atoms. The summed E-state index contributed by atoms with van der Waals surface area (Å²) in [5, 5.41) is 19.8. The molecule has 34 heavy (non-hydrogen) atoms. The topological polar surface area (TPSA) is 64.3 Å². The molecule has 2 aromatic carbocycles. The Balaban J connectivity index is 1.52. The highest BCUT2D eigenvalue weighted by Gasteiger charge is 2.51. The van der Waals surface area contributed by atoms with Crippen LogP contribution in [-0.2, 0) is 11.0 Å². The SMILES string of the molecule is CC(O)(c1ccc(C(=O)N(C2CC2)C2CCC(C#N)(c3ccccc3F)CC2)cc1)C(F)(F)F. The van der Waals surface area contributed by atoms with Gasteiger partial charge in [0.15, 0.2) is 5.60 Å². The smallest absolute Gasteiger partial charge is 0.376 e. The molecule has 8 heteroatoms. The van der Waals surface area contributed by atoms with E-state index >= 15 is 0 Å². The van der Waals surface area contributed by atoms with E-state index < -0.39 is 23.0 Å². The number of hydrogen-bond acceptors (Lipinski definition) is 3. The molecule has 2 aliphatic rings. The quantitative estimate of drug-likeness (QED) is 0.574. The Labute approximate surface area is 195 Å². The maximum absolute atomic E-state index is 14.4. The number of nitrogens with zero attached hydrogens (tertiary/aromatic N) is 2. The molecule has 0 radical (unpaired) electrons. The van der Waals surface area contributed by atoms with E-state index in [1.807, 2.05) is 0 Å². The lowest BCUT2D eigenvalue weighted by Gasteiger charge is -2.41. The predicted octanol–water partition coefficient (Wildman–Crippen LogP) is 5.60. The van der Waals surface area contributed by atoms with Crippen LogP contribution in [0.3, 0.4) is 0 Å². The number of amides is 1. The van der Waals surface area contributed by atoms with Crippen molar-refractivity contribution < 1.29 is 27.5 Å². The van der Waals surface area contributed by atoms with Gasteiger partial charge in [0.25, 0.3) is 5.91 Å². The Bertz CT molecular complexity index is 1090. The van der Waals surface area contributed by atoms with Crippen molar-refractivity contribution in [2.75, 3.05) is 0 Å². The average molecular weight is 474 g/mol. The standard InChI is InChI=1S/C26H26F4N2O2/c1-24(34,26(28,29)30)18-8-6-17(7-9-18)23(33)32(19-10-11-19)20-12-14-25(16-31,15-13-20)21-4-2-3-5-22(21)27/h2-9,19-20,34H,10-15H2,1H3. The monoisotopic (exact) mass is 474 g/mol. The molecule has 0 aromatic heterocycles. The summed E-state index contributed by atoms with van der Waals surface area (Å²) in [5.74, 6) is -0.687. The molecule has 2 aromatic rings.